The number of hydrogen-bond donors (Lipinski definition) is 0. The lowest BCUT2D eigenvalue weighted by atomic mass is 10.1. The Morgan fingerprint density at radius 1 is 1.39 bits per heavy atom. The van der Waals surface area contributed by atoms with Crippen molar-refractivity contribution in [2.45, 2.75) is 21.7 Å². The lowest BCUT2D eigenvalue weighted by Gasteiger charge is -2.10. The molecule has 1 rings (SSSR count). The van der Waals surface area contributed by atoms with Gasteiger partial charge in [0.05, 0.1) is 5.88 Å². The predicted molar refractivity (Wildman–Crippen MR) is 69.6 cm³/mol. The van der Waals surface area contributed by atoms with E-state index in [1.165, 1.54) is 23.9 Å². The van der Waals surface area contributed by atoms with Gasteiger partial charge < -0.3 is 0 Å². The second-order valence-corrected chi connectivity index (χ2v) is 5.62. The van der Waals surface area contributed by atoms with Gasteiger partial charge in [-0.25, -0.2) is 0 Å². The Bertz CT molecular complexity index is 435. The molecule has 0 radical (unpaired) electrons. The van der Waals surface area contributed by atoms with Crippen LogP contribution in [-0.2, 0) is 11.2 Å². The number of alkyl halides is 4. The number of hydrogen-bond acceptors (Lipinski definition) is 3. The van der Waals surface area contributed by atoms with Crippen LogP contribution in [0.15, 0.2) is 28.0 Å². The molecule has 0 aromatic heterocycles. The summed E-state index contributed by atoms with van der Waals surface area (Å²) in [5, 5.41) is 0. The molecule has 1 nitrogen and oxygen atoms in total. The molecular formula is C11H10ClF3OS2. The van der Waals surface area contributed by atoms with E-state index in [2.05, 4.69) is 0 Å². The van der Waals surface area contributed by atoms with Gasteiger partial charge in [-0.2, -0.15) is 13.2 Å². The molecule has 0 N–H and O–H groups in total. The summed E-state index contributed by atoms with van der Waals surface area (Å²) in [4.78, 5) is 12.0. The monoisotopic (exact) mass is 314 g/mol. The van der Waals surface area contributed by atoms with Crippen molar-refractivity contribution in [2.75, 3.05) is 12.1 Å². The van der Waals surface area contributed by atoms with E-state index >= 15 is 0 Å². The number of Topliss-reactive ketones (excluding diaryl/α,β-unsaturated/α-hetero) is 1. The lowest BCUT2D eigenvalue weighted by molar-refractivity contribution is -0.116. The molecule has 0 bridgehead atoms. The fourth-order valence-corrected chi connectivity index (χ4v) is 2.72. The standard InChI is InChI=1S/C11H10ClF3OS2/c1-17-10-5-9(18-11(13,14)15)3-2-7(10)4-8(16)6-12/h2-3,5H,4,6H2,1H3. The van der Waals surface area contributed by atoms with Crippen LogP contribution in [0.3, 0.4) is 0 Å². The van der Waals surface area contributed by atoms with Gasteiger partial charge in [0.2, 0.25) is 0 Å². The minimum Gasteiger partial charge on any atom is -0.298 e. The quantitative estimate of drug-likeness (QED) is 0.593. The molecule has 1 aromatic carbocycles. The molecule has 0 aliphatic rings. The topological polar surface area (TPSA) is 17.1 Å². The van der Waals surface area contributed by atoms with Crippen molar-refractivity contribution in [3.05, 3.63) is 23.8 Å². The fraction of sp³-hybridized carbons (Fsp3) is 0.364. The smallest absolute Gasteiger partial charge is 0.298 e. The highest BCUT2D eigenvalue weighted by Gasteiger charge is 2.29. The molecule has 0 fully saturated rings. The van der Waals surface area contributed by atoms with Gasteiger partial charge in [0.25, 0.3) is 0 Å². The van der Waals surface area contributed by atoms with E-state index in [1.54, 1.807) is 12.3 Å². The average Bonchev–Trinajstić information content (AvgIpc) is 2.28. The Labute approximate surface area is 116 Å². The molecule has 7 heteroatoms. The van der Waals surface area contributed by atoms with Crippen molar-refractivity contribution in [3.8, 4) is 0 Å². The summed E-state index contributed by atoms with van der Waals surface area (Å²) in [6.07, 6.45) is 1.91. The van der Waals surface area contributed by atoms with Crippen molar-refractivity contribution < 1.29 is 18.0 Å². The fourth-order valence-electron chi connectivity index (χ4n) is 1.33. The first-order valence-corrected chi connectivity index (χ1v) is 7.43. The molecule has 0 saturated carbocycles. The summed E-state index contributed by atoms with van der Waals surface area (Å²) in [7, 11) is 0. The van der Waals surface area contributed by atoms with Crippen LogP contribution >= 0.6 is 35.1 Å². The summed E-state index contributed by atoms with van der Waals surface area (Å²) in [6.45, 7) is 0. The number of ketones is 1. The van der Waals surface area contributed by atoms with Crippen LogP contribution in [0.4, 0.5) is 13.2 Å². The van der Waals surface area contributed by atoms with Crippen molar-refractivity contribution in [2.24, 2.45) is 0 Å². The van der Waals surface area contributed by atoms with Crippen molar-refractivity contribution in [1.29, 1.82) is 0 Å². The first-order valence-electron chi connectivity index (χ1n) is 4.86. The Morgan fingerprint density at radius 3 is 2.56 bits per heavy atom. The van der Waals surface area contributed by atoms with E-state index in [1.807, 2.05) is 0 Å². The minimum absolute atomic E-state index is 0.0904. The van der Waals surface area contributed by atoms with E-state index in [4.69, 9.17) is 11.6 Å². The number of rotatable bonds is 5. The molecule has 0 amide bonds. The maximum absolute atomic E-state index is 12.2. The van der Waals surface area contributed by atoms with Gasteiger partial charge >= 0.3 is 5.51 Å². The summed E-state index contributed by atoms with van der Waals surface area (Å²) >= 11 is 6.56. The van der Waals surface area contributed by atoms with E-state index in [0.29, 0.717) is 10.5 Å². The number of carbonyl (C=O) groups is 1. The number of benzene rings is 1. The third-order valence-electron chi connectivity index (χ3n) is 2.03. The summed E-state index contributed by atoms with van der Waals surface area (Å²) in [5.41, 5.74) is -3.59. The molecule has 0 saturated heterocycles. The van der Waals surface area contributed by atoms with Crippen LogP contribution in [0.2, 0.25) is 0 Å². The zero-order valence-electron chi connectivity index (χ0n) is 9.38. The lowest BCUT2D eigenvalue weighted by Crippen LogP contribution is -2.05. The van der Waals surface area contributed by atoms with E-state index in [9.17, 15) is 18.0 Å². The Balaban J connectivity index is 2.93. The normalized spacial score (nSPS) is 11.6. The van der Waals surface area contributed by atoms with Gasteiger partial charge in [-0.3, -0.25) is 4.79 Å². The molecule has 0 unspecified atom stereocenters. The Hall–Kier alpha value is -0.330. The van der Waals surface area contributed by atoms with Crippen LogP contribution in [0, 0.1) is 0 Å². The maximum atomic E-state index is 12.2. The van der Waals surface area contributed by atoms with Crippen LogP contribution in [-0.4, -0.2) is 23.4 Å². The molecule has 0 aliphatic carbocycles. The number of carbonyl (C=O) groups excluding carboxylic acids is 1. The van der Waals surface area contributed by atoms with E-state index in [0.717, 1.165) is 0 Å². The van der Waals surface area contributed by atoms with Crippen LogP contribution in [0.25, 0.3) is 0 Å². The minimum atomic E-state index is -4.30. The molecule has 100 valence electrons. The molecule has 18 heavy (non-hydrogen) atoms. The number of thioether (sulfide) groups is 2. The average molecular weight is 315 g/mol. The number of halogens is 4. The van der Waals surface area contributed by atoms with Gasteiger partial charge in [-0.15, -0.1) is 23.4 Å². The highest BCUT2D eigenvalue weighted by Crippen LogP contribution is 2.38. The summed E-state index contributed by atoms with van der Waals surface area (Å²) < 4.78 is 36.7. The van der Waals surface area contributed by atoms with Gasteiger partial charge in [0, 0.05) is 16.2 Å². The van der Waals surface area contributed by atoms with Crippen molar-refractivity contribution in [3.63, 3.8) is 0 Å². The van der Waals surface area contributed by atoms with Gasteiger partial charge in [0.15, 0.2) is 5.78 Å². The molecular weight excluding hydrogens is 305 g/mol. The SMILES string of the molecule is CSc1cc(SC(F)(F)F)ccc1CC(=O)CCl. The van der Waals surface area contributed by atoms with E-state index < -0.39 is 5.51 Å². The predicted octanol–water partition coefficient (Wildman–Crippen LogP) is 4.37. The first kappa shape index (κ1) is 15.7. The zero-order valence-corrected chi connectivity index (χ0v) is 11.8. The Morgan fingerprint density at radius 2 is 2.06 bits per heavy atom. The van der Waals surface area contributed by atoms with Crippen LogP contribution < -0.4 is 0 Å². The second-order valence-electron chi connectivity index (χ2n) is 3.37. The maximum Gasteiger partial charge on any atom is 0.446 e. The highest BCUT2D eigenvalue weighted by atomic mass is 35.5. The van der Waals surface area contributed by atoms with Gasteiger partial charge in [0.1, 0.15) is 0 Å². The molecule has 1 aromatic rings. The molecule has 0 aliphatic heterocycles. The zero-order chi connectivity index (χ0) is 13.8. The van der Waals surface area contributed by atoms with E-state index in [-0.39, 0.29) is 34.7 Å². The van der Waals surface area contributed by atoms with Gasteiger partial charge in [-0.1, -0.05) is 6.07 Å². The molecule has 0 atom stereocenters. The summed E-state index contributed by atoms with van der Waals surface area (Å²) in [5.74, 6) is -0.240. The largest absolute Gasteiger partial charge is 0.446 e. The Kier molecular flexibility index (Phi) is 5.88. The summed E-state index contributed by atoms with van der Waals surface area (Å²) in [6, 6.07) is 4.36. The third kappa shape index (κ3) is 5.12. The van der Waals surface area contributed by atoms with Crippen LogP contribution in [0.5, 0.6) is 0 Å². The second kappa shape index (κ2) is 6.73. The third-order valence-corrected chi connectivity index (χ3v) is 3.87. The van der Waals surface area contributed by atoms with Gasteiger partial charge in [-0.05, 0) is 35.7 Å². The van der Waals surface area contributed by atoms with Crippen molar-refractivity contribution >= 4 is 40.9 Å². The highest BCUT2D eigenvalue weighted by molar-refractivity contribution is 8.00. The molecule has 0 spiro atoms. The van der Waals surface area contributed by atoms with Crippen LogP contribution in [0.1, 0.15) is 5.56 Å². The molecule has 0 heterocycles. The first-order chi connectivity index (χ1) is 8.35. The van der Waals surface area contributed by atoms with Crippen molar-refractivity contribution in [1.82, 2.24) is 0 Å².